The van der Waals surface area contributed by atoms with Gasteiger partial charge in [-0.1, -0.05) is 23.9 Å². The molecule has 1 aliphatic carbocycles. The van der Waals surface area contributed by atoms with Crippen LogP contribution >= 0.6 is 23.5 Å². The van der Waals surface area contributed by atoms with Crippen molar-refractivity contribution in [1.29, 1.82) is 0 Å². The fourth-order valence-electron chi connectivity index (χ4n) is 4.34. The lowest BCUT2D eigenvalue weighted by molar-refractivity contribution is 0.0410. The number of para-hydroxylation sites is 2. The molecule has 1 fully saturated rings. The average Bonchev–Trinajstić information content (AvgIpc) is 3.10. The zero-order chi connectivity index (χ0) is 20.3. The quantitative estimate of drug-likeness (QED) is 0.524. The molecule has 0 bridgehead atoms. The number of nitrogens with zero attached hydrogens (tertiary/aromatic N) is 4. The van der Waals surface area contributed by atoms with Gasteiger partial charge in [0, 0.05) is 43.5 Å². The second kappa shape index (κ2) is 9.30. The maximum atomic E-state index is 5.46. The average molecular weight is 441 g/mol. The fourth-order valence-corrected chi connectivity index (χ4v) is 6.70. The van der Waals surface area contributed by atoms with Gasteiger partial charge in [0.1, 0.15) is 0 Å². The van der Waals surface area contributed by atoms with Crippen molar-refractivity contribution in [3.05, 3.63) is 47.8 Å². The number of rotatable bonds is 6. The molecule has 0 saturated carbocycles. The van der Waals surface area contributed by atoms with E-state index in [1.165, 1.54) is 28.1 Å². The van der Waals surface area contributed by atoms with Crippen molar-refractivity contribution in [2.75, 3.05) is 38.6 Å². The first-order valence-electron chi connectivity index (χ1n) is 10.8. The molecule has 7 heteroatoms. The van der Waals surface area contributed by atoms with Gasteiger partial charge in [-0.15, -0.1) is 11.8 Å². The minimum atomic E-state index is 0.379. The van der Waals surface area contributed by atoms with Crippen LogP contribution in [0.4, 0.5) is 0 Å². The monoisotopic (exact) mass is 440 g/mol. The Kier molecular flexibility index (Phi) is 6.32. The van der Waals surface area contributed by atoms with Gasteiger partial charge in [-0.05, 0) is 43.0 Å². The number of benzene rings is 1. The highest BCUT2D eigenvalue weighted by Crippen LogP contribution is 2.44. The van der Waals surface area contributed by atoms with Gasteiger partial charge < -0.3 is 9.30 Å². The first-order valence-corrected chi connectivity index (χ1v) is 12.6. The number of aromatic nitrogens is 3. The van der Waals surface area contributed by atoms with Crippen molar-refractivity contribution < 1.29 is 4.74 Å². The van der Waals surface area contributed by atoms with Crippen molar-refractivity contribution in [3.63, 3.8) is 0 Å². The Labute approximate surface area is 186 Å². The molecule has 30 heavy (non-hydrogen) atoms. The number of fused-ring (bicyclic) bond motifs is 2. The summed E-state index contributed by atoms with van der Waals surface area (Å²) < 4.78 is 7.68. The summed E-state index contributed by atoms with van der Waals surface area (Å²) in [5, 5.41) is 1.46. The van der Waals surface area contributed by atoms with Crippen LogP contribution in [-0.2, 0) is 18.2 Å². The molecule has 3 aromatic rings. The number of aryl methyl sites for hydroxylation is 1. The summed E-state index contributed by atoms with van der Waals surface area (Å²) in [4.78, 5) is 13.6. The predicted molar refractivity (Wildman–Crippen MR) is 124 cm³/mol. The molecule has 2 aliphatic rings. The Morgan fingerprint density at radius 1 is 1.17 bits per heavy atom. The molecule has 0 spiro atoms. The summed E-state index contributed by atoms with van der Waals surface area (Å²) in [5.41, 5.74) is 5.00. The molecule has 1 aromatic carbocycles. The standard InChI is InChI=1S/C23H28N4OS2/c1-26-19-7-3-2-6-18(19)25-23(26)30-21-8-4-5-17-20(9-10-24-22(17)21)29-16-13-27-11-14-28-15-12-27/h2-3,6-7,9-10,21H,4-5,8,11-16H2,1H3. The zero-order valence-corrected chi connectivity index (χ0v) is 19.1. The number of hydrogen-bond donors (Lipinski definition) is 0. The van der Waals surface area contributed by atoms with Crippen molar-refractivity contribution in [2.24, 2.45) is 7.05 Å². The van der Waals surface area contributed by atoms with Crippen molar-refractivity contribution in [3.8, 4) is 0 Å². The molecule has 2 aromatic heterocycles. The Balaban J connectivity index is 1.31. The Hall–Kier alpha value is -1.54. The van der Waals surface area contributed by atoms with Crippen LogP contribution in [0.5, 0.6) is 0 Å². The number of imidazole rings is 1. The lowest BCUT2D eigenvalue weighted by Gasteiger charge is -2.27. The van der Waals surface area contributed by atoms with Crippen LogP contribution in [0.2, 0.25) is 0 Å². The van der Waals surface area contributed by atoms with Crippen LogP contribution in [0.25, 0.3) is 11.0 Å². The van der Waals surface area contributed by atoms with Crippen LogP contribution in [0.1, 0.15) is 29.3 Å². The van der Waals surface area contributed by atoms with Crippen LogP contribution in [0, 0.1) is 0 Å². The van der Waals surface area contributed by atoms with E-state index in [0.717, 1.165) is 62.1 Å². The van der Waals surface area contributed by atoms with Gasteiger partial charge in [0.2, 0.25) is 0 Å². The highest BCUT2D eigenvalue weighted by molar-refractivity contribution is 7.99. The Bertz CT molecular complexity index is 1020. The van der Waals surface area contributed by atoms with Gasteiger partial charge in [-0.3, -0.25) is 9.88 Å². The van der Waals surface area contributed by atoms with Gasteiger partial charge in [-0.2, -0.15) is 0 Å². The molecular formula is C23H28N4OS2. The molecule has 1 aliphatic heterocycles. The van der Waals surface area contributed by atoms with Crippen molar-refractivity contribution in [2.45, 2.75) is 34.6 Å². The molecule has 1 saturated heterocycles. The van der Waals surface area contributed by atoms with E-state index in [4.69, 9.17) is 14.7 Å². The fraction of sp³-hybridized carbons (Fsp3) is 0.478. The third-order valence-corrected chi connectivity index (χ3v) is 8.41. The summed E-state index contributed by atoms with van der Waals surface area (Å²) in [6.45, 7) is 4.99. The summed E-state index contributed by atoms with van der Waals surface area (Å²) >= 11 is 3.86. The second-order valence-electron chi connectivity index (χ2n) is 7.92. The van der Waals surface area contributed by atoms with Crippen LogP contribution in [0.3, 0.4) is 0 Å². The maximum absolute atomic E-state index is 5.46. The van der Waals surface area contributed by atoms with Gasteiger partial charge in [0.25, 0.3) is 0 Å². The lowest BCUT2D eigenvalue weighted by Crippen LogP contribution is -2.37. The molecule has 5 nitrogen and oxygen atoms in total. The van der Waals surface area contributed by atoms with Gasteiger partial charge >= 0.3 is 0 Å². The summed E-state index contributed by atoms with van der Waals surface area (Å²) in [5.74, 6) is 1.12. The summed E-state index contributed by atoms with van der Waals surface area (Å²) in [7, 11) is 2.12. The molecule has 0 N–H and O–H groups in total. The van der Waals surface area contributed by atoms with Crippen molar-refractivity contribution in [1.82, 2.24) is 19.4 Å². The van der Waals surface area contributed by atoms with Gasteiger partial charge in [0.05, 0.1) is 35.2 Å². The topological polar surface area (TPSA) is 43.2 Å². The first kappa shape index (κ1) is 20.4. The number of ether oxygens (including phenoxy) is 1. The Morgan fingerprint density at radius 3 is 2.90 bits per heavy atom. The summed E-state index contributed by atoms with van der Waals surface area (Å²) in [6, 6.07) is 10.6. The third kappa shape index (κ3) is 4.26. The molecule has 5 rings (SSSR count). The smallest absolute Gasteiger partial charge is 0.169 e. The molecular weight excluding hydrogens is 412 g/mol. The van der Waals surface area contributed by atoms with Crippen molar-refractivity contribution >= 4 is 34.6 Å². The van der Waals surface area contributed by atoms with Crippen LogP contribution in [0.15, 0.2) is 46.6 Å². The lowest BCUT2D eigenvalue weighted by atomic mass is 9.96. The highest BCUT2D eigenvalue weighted by Gasteiger charge is 2.26. The van der Waals surface area contributed by atoms with E-state index in [0.29, 0.717) is 5.25 Å². The van der Waals surface area contributed by atoms with Gasteiger partial charge in [-0.25, -0.2) is 4.98 Å². The minimum absolute atomic E-state index is 0.379. The highest BCUT2D eigenvalue weighted by atomic mass is 32.2. The van der Waals surface area contributed by atoms with E-state index in [2.05, 4.69) is 46.8 Å². The number of hydrogen-bond acceptors (Lipinski definition) is 6. The first-order chi connectivity index (χ1) is 14.8. The van der Waals surface area contributed by atoms with E-state index >= 15 is 0 Å². The zero-order valence-electron chi connectivity index (χ0n) is 17.4. The molecule has 158 valence electrons. The van der Waals surface area contributed by atoms with E-state index < -0.39 is 0 Å². The second-order valence-corrected chi connectivity index (χ2v) is 10.2. The van der Waals surface area contributed by atoms with Crippen LogP contribution < -0.4 is 0 Å². The molecule has 1 unspecified atom stereocenters. The number of morpholine rings is 1. The van der Waals surface area contributed by atoms with Gasteiger partial charge in [0.15, 0.2) is 5.16 Å². The summed E-state index contributed by atoms with van der Waals surface area (Å²) in [6.07, 6.45) is 5.53. The maximum Gasteiger partial charge on any atom is 0.169 e. The molecule has 1 atom stereocenters. The van der Waals surface area contributed by atoms with E-state index in [9.17, 15) is 0 Å². The van der Waals surface area contributed by atoms with E-state index in [1.807, 2.05) is 29.7 Å². The minimum Gasteiger partial charge on any atom is -0.379 e. The largest absolute Gasteiger partial charge is 0.379 e. The predicted octanol–water partition coefficient (Wildman–Crippen LogP) is 4.56. The molecule has 0 amide bonds. The third-order valence-electron chi connectivity index (χ3n) is 6.01. The molecule has 3 heterocycles. The Morgan fingerprint density at radius 2 is 2.03 bits per heavy atom. The van der Waals surface area contributed by atoms with E-state index in [1.54, 1.807) is 0 Å². The van der Waals surface area contributed by atoms with Crippen LogP contribution in [-0.4, -0.2) is 58.0 Å². The number of pyridine rings is 1. The molecule has 0 radical (unpaired) electrons. The number of thioether (sulfide) groups is 2. The SMILES string of the molecule is Cn1c(SC2CCCc3c(SCCN4CCOCC4)ccnc32)nc2ccccc21. The van der Waals surface area contributed by atoms with E-state index in [-0.39, 0.29) is 0 Å². The normalized spacial score (nSPS) is 19.8.